The molecule has 0 unspecified atom stereocenters. The average molecular weight is 295 g/mol. The third-order valence-electron chi connectivity index (χ3n) is 3.60. The highest BCUT2D eigenvalue weighted by molar-refractivity contribution is 6.03. The van der Waals surface area contributed by atoms with Crippen molar-refractivity contribution in [2.24, 2.45) is 0 Å². The van der Waals surface area contributed by atoms with Crippen molar-refractivity contribution in [1.82, 2.24) is 10.3 Å². The molecule has 114 valence electrons. The van der Waals surface area contributed by atoms with E-state index < -0.39 is 0 Å². The molecule has 0 bridgehead atoms. The zero-order valence-electron chi connectivity index (χ0n) is 12.9. The lowest BCUT2D eigenvalue weighted by Crippen LogP contribution is -2.25. The van der Waals surface area contributed by atoms with Gasteiger partial charge in [0.05, 0.1) is 0 Å². The molecule has 0 saturated heterocycles. The van der Waals surface area contributed by atoms with Crippen LogP contribution in [0.3, 0.4) is 0 Å². The van der Waals surface area contributed by atoms with Gasteiger partial charge in [0.15, 0.2) is 0 Å². The van der Waals surface area contributed by atoms with Crippen molar-refractivity contribution in [3.8, 4) is 6.07 Å². The number of H-pyrrole nitrogens is 1. The van der Waals surface area contributed by atoms with Crippen LogP contribution in [-0.2, 0) is 4.79 Å². The summed E-state index contributed by atoms with van der Waals surface area (Å²) in [5, 5.41) is 13.0. The number of nitrogens with one attached hydrogen (secondary N) is 2. The number of para-hydroxylation sites is 1. The van der Waals surface area contributed by atoms with E-state index in [9.17, 15) is 10.1 Å². The van der Waals surface area contributed by atoms with Crippen LogP contribution in [0.2, 0.25) is 0 Å². The van der Waals surface area contributed by atoms with Crippen LogP contribution in [-0.4, -0.2) is 17.4 Å². The zero-order chi connectivity index (χ0) is 15.8. The number of rotatable bonds is 7. The molecule has 4 heteroatoms. The van der Waals surface area contributed by atoms with E-state index >= 15 is 0 Å². The van der Waals surface area contributed by atoms with Crippen LogP contribution in [0.15, 0.2) is 36.0 Å². The number of fused-ring (bicyclic) bond motifs is 1. The molecule has 0 atom stereocenters. The number of benzene rings is 1. The summed E-state index contributed by atoms with van der Waals surface area (Å²) in [4.78, 5) is 15.2. The maximum Gasteiger partial charge on any atom is 0.261 e. The van der Waals surface area contributed by atoms with E-state index in [1.54, 1.807) is 6.08 Å². The first-order valence-corrected chi connectivity index (χ1v) is 7.72. The summed E-state index contributed by atoms with van der Waals surface area (Å²) in [6, 6.07) is 9.81. The Bertz CT molecular complexity index is 706. The van der Waals surface area contributed by atoms with Gasteiger partial charge in [0.1, 0.15) is 11.6 Å². The number of nitriles is 1. The van der Waals surface area contributed by atoms with Gasteiger partial charge >= 0.3 is 0 Å². The second kappa shape index (κ2) is 8.04. The van der Waals surface area contributed by atoms with E-state index in [0.717, 1.165) is 35.7 Å². The van der Waals surface area contributed by atoms with E-state index in [0.29, 0.717) is 6.54 Å². The van der Waals surface area contributed by atoms with E-state index in [1.807, 2.05) is 36.5 Å². The van der Waals surface area contributed by atoms with E-state index in [-0.39, 0.29) is 11.5 Å². The van der Waals surface area contributed by atoms with Crippen molar-refractivity contribution in [2.45, 2.75) is 32.6 Å². The molecule has 0 spiro atoms. The molecule has 0 aliphatic carbocycles. The number of hydrogen-bond acceptors (Lipinski definition) is 2. The molecule has 1 amide bonds. The lowest BCUT2D eigenvalue weighted by Gasteiger charge is -2.03. The highest BCUT2D eigenvalue weighted by atomic mass is 16.1. The molecule has 4 nitrogen and oxygen atoms in total. The second-order valence-electron chi connectivity index (χ2n) is 5.28. The Morgan fingerprint density at radius 3 is 2.91 bits per heavy atom. The molecular weight excluding hydrogens is 274 g/mol. The van der Waals surface area contributed by atoms with Crippen molar-refractivity contribution in [1.29, 1.82) is 5.26 Å². The van der Waals surface area contributed by atoms with Crippen LogP contribution < -0.4 is 5.32 Å². The van der Waals surface area contributed by atoms with E-state index in [1.165, 1.54) is 6.42 Å². The smallest absolute Gasteiger partial charge is 0.261 e. The van der Waals surface area contributed by atoms with Gasteiger partial charge in [-0.3, -0.25) is 4.79 Å². The molecule has 2 aromatic rings. The SMILES string of the molecule is CCCCCCNC(=O)/C(C#N)=C\c1c[nH]c2ccccc12. The average Bonchev–Trinajstić information content (AvgIpc) is 2.95. The van der Waals surface area contributed by atoms with Crippen molar-refractivity contribution in [3.63, 3.8) is 0 Å². The van der Waals surface area contributed by atoms with Gasteiger partial charge in [-0.05, 0) is 18.6 Å². The fourth-order valence-corrected chi connectivity index (χ4v) is 2.37. The fourth-order valence-electron chi connectivity index (χ4n) is 2.37. The molecule has 22 heavy (non-hydrogen) atoms. The molecule has 0 fully saturated rings. The van der Waals surface area contributed by atoms with E-state index in [4.69, 9.17) is 0 Å². The van der Waals surface area contributed by atoms with Crippen molar-refractivity contribution >= 4 is 22.9 Å². The number of amides is 1. The molecule has 1 aromatic heterocycles. The van der Waals surface area contributed by atoms with Crippen LogP contribution in [0.4, 0.5) is 0 Å². The van der Waals surface area contributed by atoms with Gasteiger partial charge in [0, 0.05) is 29.2 Å². The van der Waals surface area contributed by atoms with Gasteiger partial charge < -0.3 is 10.3 Å². The Kier molecular flexibility index (Phi) is 5.79. The summed E-state index contributed by atoms with van der Waals surface area (Å²) in [7, 11) is 0. The third kappa shape index (κ3) is 3.98. The number of aromatic amines is 1. The summed E-state index contributed by atoms with van der Waals surface area (Å²) in [5.74, 6) is -0.302. The first-order chi connectivity index (χ1) is 10.8. The lowest BCUT2D eigenvalue weighted by molar-refractivity contribution is -0.117. The Hall–Kier alpha value is -2.54. The summed E-state index contributed by atoms with van der Waals surface area (Å²) >= 11 is 0. The van der Waals surface area contributed by atoms with Gasteiger partial charge in [-0.2, -0.15) is 5.26 Å². The first-order valence-electron chi connectivity index (χ1n) is 7.72. The van der Waals surface area contributed by atoms with Gasteiger partial charge in [0.25, 0.3) is 5.91 Å². The molecule has 0 aliphatic rings. The topological polar surface area (TPSA) is 68.7 Å². The third-order valence-corrected chi connectivity index (χ3v) is 3.60. The molecular formula is C18H21N3O. The Morgan fingerprint density at radius 1 is 1.32 bits per heavy atom. The van der Waals surface area contributed by atoms with Crippen LogP contribution in [0.5, 0.6) is 0 Å². The largest absolute Gasteiger partial charge is 0.361 e. The predicted octanol–water partition coefficient (Wildman–Crippen LogP) is 3.77. The minimum Gasteiger partial charge on any atom is -0.361 e. The zero-order valence-corrected chi connectivity index (χ0v) is 12.9. The minimum atomic E-state index is -0.302. The molecule has 0 aliphatic heterocycles. The Balaban J connectivity index is 2.04. The first kappa shape index (κ1) is 15.8. The minimum absolute atomic E-state index is 0.139. The quantitative estimate of drug-likeness (QED) is 0.464. The molecule has 1 aromatic carbocycles. The van der Waals surface area contributed by atoms with Crippen molar-refractivity contribution in [2.75, 3.05) is 6.54 Å². The summed E-state index contributed by atoms with van der Waals surface area (Å²) in [6.07, 6.45) is 7.84. The van der Waals surface area contributed by atoms with Gasteiger partial charge in [-0.1, -0.05) is 44.4 Å². The molecule has 0 saturated carbocycles. The Morgan fingerprint density at radius 2 is 2.14 bits per heavy atom. The second-order valence-corrected chi connectivity index (χ2v) is 5.28. The number of carbonyl (C=O) groups is 1. The van der Waals surface area contributed by atoms with Crippen molar-refractivity contribution in [3.05, 3.63) is 41.6 Å². The number of aromatic nitrogens is 1. The molecule has 1 heterocycles. The number of carbonyl (C=O) groups excluding carboxylic acids is 1. The fraction of sp³-hybridized carbons (Fsp3) is 0.333. The van der Waals surface area contributed by atoms with Gasteiger partial charge in [-0.15, -0.1) is 0 Å². The number of hydrogen-bond donors (Lipinski definition) is 2. The predicted molar refractivity (Wildman–Crippen MR) is 89.0 cm³/mol. The molecule has 0 radical (unpaired) electrons. The van der Waals surface area contributed by atoms with Crippen LogP contribution >= 0.6 is 0 Å². The van der Waals surface area contributed by atoms with Gasteiger partial charge in [-0.25, -0.2) is 0 Å². The van der Waals surface area contributed by atoms with Crippen LogP contribution in [0, 0.1) is 11.3 Å². The van der Waals surface area contributed by atoms with E-state index in [2.05, 4.69) is 17.2 Å². The summed E-state index contributed by atoms with van der Waals surface area (Å²) in [5.41, 5.74) is 1.99. The molecule has 2 rings (SSSR count). The van der Waals surface area contributed by atoms with Crippen LogP contribution in [0.1, 0.15) is 38.2 Å². The van der Waals surface area contributed by atoms with Crippen molar-refractivity contribution < 1.29 is 4.79 Å². The summed E-state index contributed by atoms with van der Waals surface area (Å²) in [6.45, 7) is 2.77. The monoisotopic (exact) mass is 295 g/mol. The summed E-state index contributed by atoms with van der Waals surface area (Å²) < 4.78 is 0. The maximum absolute atomic E-state index is 12.1. The van der Waals surface area contributed by atoms with Crippen LogP contribution in [0.25, 0.3) is 17.0 Å². The standard InChI is InChI=1S/C18H21N3O/c1-2-3-4-7-10-20-18(22)14(12-19)11-15-13-21-17-9-6-5-8-16(15)17/h5-6,8-9,11,13,21H,2-4,7,10H2,1H3,(H,20,22)/b14-11-. The highest BCUT2D eigenvalue weighted by Gasteiger charge is 2.09. The normalized spacial score (nSPS) is 11.4. The highest BCUT2D eigenvalue weighted by Crippen LogP contribution is 2.20. The Labute approximate surface area is 130 Å². The molecule has 2 N–H and O–H groups in total. The number of nitrogens with zero attached hydrogens (tertiary/aromatic N) is 1. The van der Waals surface area contributed by atoms with Gasteiger partial charge in [0.2, 0.25) is 0 Å². The maximum atomic E-state index is 12.1. The lowest BCUT2D eigenvalue weighted by atomic mass is 10.1. The number of unbranched alkanes of at least 4 members (excludes halogenated alkanes) is 3.